The van der Waals surface area contributed by atoms with Crippen LogP contribution in [-0.4, -0.2) is 14.1 Å². The normalized spacial score (nSPS) is 16.6. The van der Waals surface area contributed by atoms with Crippen molar-refractivity contribution in [2.24, 2.45) is 5.10 Å². The minimum atomic E-state index is -3.56. The van der Waals surface area contributed by atoms with Gasteiger partial charge in [-0.3, -0.25) is 0 Å². The second-order valence-electron chi connectivity index (χ2n) is 5.46. The largest absolute Gasteiger partial charge is 0.276 e. The molecule has 2 rings (SSSR count). The van der Waals surface area contributed by atoms with Crippen molar-refractivity contribution in [3.05, 3.63) is 29.3 Å². The summed E-state index contributed by atoms with van der Waals surface area (Å²) in [5.74, 6) is 0. The number of sulfonamides is 1. The predicted octanol–water partition coefficient (Wildman–Crippen LogP) is 3.29. The first kappa shape index (κ1) is 15.0. The van der Waals surface area contributed by atoms with Crippen molar-refractivity contribution in [1.82, 2.24) is 4.83 Å². The first-order chi connectivity index (χ1) is 9.49. The van der Waals surface area contributed by atoms with Crippen molar-refractivity contribution in [2.45, 2.75) is 57.3 Å². The van der Waals surface area contributed by atoms with E-state index in [1.807, 2.05) is 19.1 Å². The predicted molar refractivity (Wildman–Crippen MR) is 81.4 cm³/mol. The Hall–Kier alpha value is -1.36. The molecule has 1 N–H and O–H groups in total. The quantitative estimate of drug-likeness (QED) is 0.687. The number of hydrazone groups is 1. The van der Waals surface area contributed by atoms with Gasteiger partial charge in [0.05, 0.1) is 4.90 Å². The van der Waals surface area contributed by atoms with Crippen LogP contribution in [0.5, 0.6) is 0 Å². The van der Waals surface area contributed by atoms with Crippen molar-refractivity contribution in [2.75, 3.05) is 0 Å². The highest BCUT2D eigenvalue weighted by Crippen LogP contribution is 2.18. The zero-order chi connectivity index (χ0) is 14.6. The summed E-state index contributed by atoms with van der Waals surface area (Å²) in [5, 5.41) is 4.14. The third-order valence-electron chi connectivity index (χ3n) is 3.64. The lowest BCUT2D eigenvalue weighted by Gasteiger charge is -2.09. The van der Waals surface area contributed by atoms with Gasteiger partial charge in [-0.1, -0.05) is 25.0 Å². The van der Waals surface area contributed by atoms with E-state index in [0.29, 0.717) is 4.90 Å². The Morgan fingerprint density at radius 1 is 1.05 bits per heavy atom. The van der Waals surface area contributed by atoms with Crippen LogP contribution >= 0.6 is 0 Å². The van der Waals surface area contributed by atoms with Crippen LogP contribution in [0.3, 0.4) is 0 Å². The van der Waals surface area contributed by atoms with Crippen molar-refractivity contribution < 1.29 is 8.42 Å². The van der Waals surface area contributed by atoms with E-state index in [2.05, 4.69) is 9.93 Å². The van der Waals surface area contributed by atoms with Gasteiger partial charge in [0.15, 0.2) is 0 Å². The summed E-state index contributed by atoms with van der Waals surface area (Å²) in [6, 6.07) is 5.42. The van der Waals surface area contributed by atoms with Crippen molar-refractivity contribution >= 4 is 15.7 Å². The molecule has 1 aromatic rings. The van der Waals surface area contributed by atoms with Gasteiger partial charge >= 0.3 is 0 Å². The Morgan fingerprint density at radius 2 is 1.70 bits per heavy atom. The van der Waals surface area contributed by atoms with Gasteiger partial charge in [-0.2, -0.15) is 13.5 Å². The molecule has 0 saturated heterocycles. The van der Waals surface area contributed by atoms with E-state index in [0.717, 1.165) is 42.5 Å². The molecule has 1 saturated carbocycles. The summed E-state index contributed by atoms with van der Waals surface area (Å²) < 4.78 is 24.6. The highest BCUT2D eigenvalue weighted by Gasteiger charge is 2.16. The summed E-state index contributed by atoms with van der Waals surface area (Å²) in [6.07, 6.45) is 6.42. The maximum atomic E-state index is 12.3. The monoisotopic (exact) mass is 294 g/mol. The van der Waals surface area contributed by atoms with Crippen LogP contribution in [0.1, 0.15) is 49.7 Å². The molecule has 4 nitrogen and oxygen atoms in total. The van der Waals surface area contributed by atoms with Gasteiger partial charge in [0.2, 0.25) is 0 Å². The molecule has 1 aliphatic carbocycles. The van der Waals surface area contributed by atoms with E-state index in [-0.39, 0.29) is 0 Å². The molecule has 0 radical (unpaired) electrons. The van der Waals surface area contributed by atoms with Gasteiger partial charge in [0.1, 0.15) is 0 Å². The number of nitrogens with zero attached hydrogens (tertiary/aromatic N) is 1. The van der Waals surface area contributed by atoms with E-state index < -0.39 is 10.0 Å². The van der Waals surface area contributed by atoms with Crippen LogP contribution in [0.4, 0.5) is 0 Å². The van der Waals surface area contributed by atoms with Crippen molar-refractivity contribution in [3.63, 3.8) is 0 Å². The average Bonchev–Trinajstić information content (AvgIpc) is 2.68. The smallest absolute Gasteiger partial charge is 0.200 e. The van der Waals surface area contributed by atoms with Crippen LogP contribution in [0.15, 0.2) is 28.2 Å². The Balaban J connectivity index is 2.18. The van der Waals surface area contributed by atoms with Crippen LogP contribution in [-0.2, 0) is 10.0 Å². The van der Waals surface area contributed by atoms with E-state index in [4.69, 9.17) is 0 Å². The maximum Gasteiger partial charge on any atom is 0.276 e. The first-order valence-electron chi connectivity index (χ1n) is 7.13. The fourth-order valence-corrected chi connectivity index (χ4v) is 3.60. The summed E-state index contributed by atoms with van der Waals surface area (Å²) in [7, 11) is -3.56. The third kappa shape index (κ3) is 3.82. The Kier molecular flexibility index (Phi) is 4.81. The van der Waals surface area contributed by atoms with Gasteiger partial charge in [0.25, 0.3) is 10.0 Å². The zero-order valence-corrected chi connectivity index (χ0v) is 13.0. The average molecular weight is 294 g/mol. The van der Waals surface area contributed by atoms with E-state index >= 15 is 0 Å². The van der Waals surface area contributed by atoms with Crippen LogP contribution < -0.4 is 4.83 Å². The molecule has 0 atom stereocenters. The number of nitrogens with one attached hydrogen (secondary N) is 1. The topological polar surface area (TPSA) is 58.5 Å². The zero-order valence-electron chi connectivity index (χ0n) is 12.1. The molecule has 5 heteroatoms. The molecule has 0 heterocycles. The number of rotatable bonds is 3. The number of benzene rings is 1. The second kappa shape index (κ2) is 6.39. The molecular weight excluding hydrogens is 272 g/mol. The maximum absolute atomic E-state index is 12.3. The molecule has 1 aromatic carbocycles. The van der Waals surface area contributed by atoms with Crippen LogP contribution in [0, 0.1) is 13.8 Å². The summed E-state index contributed by atoms with van der Waals surface area (Å²) >= 11 is 0. The molecule has 110 valence electrons. The summed E-state index contributed by atoms with van der Waals surface area (Å²) in [6.45, 7) is 3.68. The number of hydrogen-bond donors (Lipinski definition) is 1. The molecule has 0 aromatic heterocycles. The molecule has 0 unspecified atom stereocenters. The molecular formula is C15H22N2O2S. The molecule has 0 bridgehead atoms. The van der Waals surface area contributed by atoms with Gasteiger partial charge in [-0.05, 0) is 56.7 Å². The fraction of sp³-hybridized carbons (Fsp3) is 0.533. The van der Waals surface area contributed by atoms with E-state index in [1.165, 1.54) is 12.8 Å². The molecule has 1 aliphatic rings. The highest BCUT2D eigenvalue weighted by molar-refractivity contribution is 7.89. The summed E-state index contributed by atoms with van der Waals surface area (Å²) in [4.78, 5) is 2.72. The van der Waals surface area contributed by atoms with Gasteiger partial charge in [0, 0.05) is 5.71 Å². The molecule has 20 heavy (non-hydrogen) atoms. The lowest BCUT2D eigenvalue weighted by molar-refractivity contribution is 0.583. The van der Waals surface area contributed by atoms with Crippen molar-refractivity contribution in [1.29, 1.82) is 0 Å². The molecule has 1 fully saturated rings. The SMILES string of the molecule is Cc1ccc(C)c(S(=O)(=O)NN=C2CCCCCC2)c1. The minimum absolute atomic E-state index is 0.315. The molecule has 0 spiro atoms. The Bertz CT molecular complexity index is 596. The van der Waals surface area contributed by atoms with E-state index in [9.17, 15) is 8.42 Å². The minimum Gasteiger partial charge on any atom is -0.200 e. The molecule has 0 amide bonds. The number of aryl methyl sites for hydroxylation is 2. The third-order valence-corrected chi connectivity index (χ3v) is 4.99. The molecule has 0 aliphatic heterocycles. The standard InChI is InChI=1S/C15H22N2O2S/c1-12-9-10-13(2)15(11-12)20(18,19)17-16-14-7-5-3-4-6-8-14/h9-11,17H,3-8H2,1-2H3. The van der Waals surface area contributed by atoms with Crippen LogP contribution in [0.2, 0.25) is 0 Å². The first-order valence-corrected chi connectivity index (χ1v) is 8.62. The summed E-state index contributed by atoms with van der Waals surface area (Å²) in [5.41, 5.74) is 2.64. The highest BCUT2D eigenvalue weighted by atomic mass is 32.2. The Labute approximate surface area is 121 Å². The van der Waals surface area contributed by atoms with Crippen molar-refractivity contribution in [3.8, 4) is 0 Å². The fourth-order valence-electron chi connectivity index (χ4n) is 2.42. The van der Waals surface area contributed by atoms with Gasteiger partial charge in [-0.15, -0.1) is 0 Å². The Morgan fingerprint density at radius 3 is 2.35 bits per heavy atom. The van der Waals surface area contributed by atoms with Crippen LogP contribution in [0.25, 0.3) is 0 Å². The van der Waals surface area contributed by atoms with Gasteiger partial charge < -0.3 is 0 Å². The second-order valence-corrected chi connectivity index (χ2v) is 7.09. The lowest BCUT2D eigenvalue weighted by atomic mass is 10.2. The number of hydrogen-bond acceptors (Lipinski definition) is 3. The van der Waals surface area contributed by atoms with Gasteiger partial charge in [-0.25, -0.2) is 4.83 Å². The lowest BCUT2D eigenvalue weighted by Crippen LogP contribution is -2.21. The van der Waals surface area contributed by atoms with E-state index in [1.54, 1.807) is 13.0 Å².